The number of hydrogen-bond donors (Lipinski definition) is 1. The van der Waals surface area contributed by atoms with Crippen LogP contribution in [0, 0.1) is 0 Å². The number of benzene rings is 1. The molecule has 1 saturated heterocycles. The van der Waals surface area contributed by atoms with Crippen LogP contribution in [0.5, 0.6) is 0 Å². The van der Waals surface area contributed by atoms with Crippen LogP contribution in [0.1, 0.15) is 24.3 Å². The fraction of sp³-hybridized carbons (Fsp3) is 0.500. The first-order chi connectivity index (χ1) is 9.28. The first kappa shape index (κ1) is 13.5. The monoisotopic (exact) mass is 340 g/mol. The van der Waals surface area contributed by atoms with Crippen LogP contribution in [0.3, 0.4) is 0 Å². The van der Waals surface area contributed by atoms with Gasteiger partial charge in [-0.3, -0.25) is 0 Å². The highest BCUT2D eigenvalue weighted by molar-refractivity contribution is 9.10. The van der Waals surface area contributed by atoms with E-state index in [1.807, 2.05) is 6.07 Å². The molecule has 0 aliphatic carbocycles. The minimum absolute atomic E-state index is 0.391. The summed E-state index contributed by atoms with van der Waals surface area (Å²) in [4.78, 5) is 4.77. The molecule has 19 heavy (non-hydrogen) atoms. The molecule has 2 heterocycles. The second-order valence-electron chi connectivity index (χ2n) is 4.87. The van der Waals surface area contributed by atoms with Gasteiger partial charge in [0.1, 0.15) is 5.01 Å². The maximum atomic E-state index is 5.64. The standard InChI is InChI=1S/C14H17BrN2OS/c1-2-5-16-12-8-18-7-10(12)14-17-11-4-3-9(15)6-13(11)19-14/h3-4,6,10,12,16H,2,5,7-8H2,1H3. The highest BCUT2D eigenvalue weighted by atomic mass is 79.9. The van der Waals surface area contributed by atoms with Gasteiger partial charge in [-0.2, -0.15) is 0 Å². The lowest BCUT2D eigenvalue weighted by atomic mass is 10.0. The Bertz CT molecular complexity index is 572. The zero-order valence-corrected chi connectivity index (χ0v) is 13.3. The first-order valence-corrected chi connectivity index (χ1v) is 8.26. The largest absolute Gasteiger partial charge is 0.379 e. The number of halogens is 1. The Morgan fingerprint density at radius 1 is 1.47 bits per heavy atom. The number of aromatic nitrogens is 1. The van der Waals surface area contributed by atoms with Crippen LogP contribution >= 0.6 is 27.3 Å². The van der Waals surface area contributed by atoms with E-state index < -0.39 is 0 Å². The highest BCUT2D eigenvalue weighted by Crippen LogP contribution is 2.33. The quantitative estimate of drug-likeness (QED) is 0.924. The molecule has 2 atom stereocenters. The second-order valence-corrected chi connectivity index (χ2v) is 6.85. The average molecular weight is 341 g/mol. The van der Waals surface area contributed by atoms with E-state index in [0.717, 1.165) is 36.2 Å². The topological polar surface area (TPSA) is 34.1 Å². The molecule has 1 aliphatic rings. The minimum Gasteiger partial charge on any atom is -0.379 e. The third-order valence-electron chi connectivity index (χ3n) is 3.42. The fourth-order valence-electron chi connectivity index (χ4n) is 2.40. The van der Waals surface area contributed by atoms with Crippen molar-refractivity contribution in [2.75, 3.05) is 19.8 Å². The summed E-state index contributed by atoms with van der Waals surface area (Å²) in [7, 11) is 0. The molecule has 0 saturated carbocycles. The Balaban J connectivity index is 1.86. The van der Waals surface area contributed by atoms with Gasteiger partial charge in [0, 0.05) is 10.5 Å². The van der Waals surface area contributed by atoms with Crippen LogP contribution < -0.4 is 5.32 Å². The predicted octanol–water partition coefficient (Wildman–Crippen LogP) is 3.54. The fourth-order valence-corrected chi connectivity index (χ4v) is 4.07. The van der Waals surface area contributed by atoms with Crippen molar-refractivity contribution in [1.29, 1.82) is 0 Å². The number of rotatable bonds is 4. The number of fused-ring (bicyclic) bond motifs is 1. The molecule has 0 spiro atoms. The minimum atomic E-state index is 0.391. The van der Waals surface area contributed by atoms with Gasteiger partial charge in [-0.1, -0.05) is 22.9 Å². The number of nitrogens with one attached hydrogen (secondary N) is 1. The molecule has 3 rings (SSSR count). The molecule has 3 nitrogen and oxygen atoms in total. The smallest absolute Gasteiger partial charge is 0.101 e. The van der Waals surface area contributed by atoms with Gasteiger partial charge >= 0.3 is 0 Å². The molecule has 0 bridgehead atoms. The lowest BCUT2D eigenvalue weighted by Crippen LogP contribution is -2.34. The second kappa shape index (κ2) is 5.87. The Hall–Kier alpha value is -0.490. The molecule has 1 aliphatic heterocycles. The van der Waals surface area contributed by atoms with Crippen LogP contribution in [-0.4, -0.2) is 30.8 Å². The van der Waals surface area contributed by atoms with Crippen molar-refractivity contribution in [2.45, 2.75) is 25.3 Å². The Labute approximate surface area is 125 Å². The molecule has 102 valence electrons. The van der Waals surface area contributed by atoms with Crippen LogP contribution in [0.15, 0.2) is 22.7 Å². The van der Waals surface area contributed by atoms with Gasteiger partial charge in [0.05, 0.1) is 29.3 Å². The van der Waals surface area contributed by atoms with Crippen molar-refractivity contribution in [3.05, 3.63) is 27.7 Å². The van der Waals surface area contributed by atoms with Crippen LogP contribution in [0.4, 0.5) is 0 Å². The Morgan fingerprint density at radius 3 is 3.21 bits per heavy atom. The lowest BCUT2D eigenvalue weighted by Gasteiger charge is -2.16. The van der Waals surface area contributed by atoms with E-state index in [0.29, 0.717) is 12.0 Å². The Kier molecular flexibility index (Phi) is 4.17. The number of ether oxygens (including phenoxy) is 1. The van der Waals surface area contributed by atoms with E-state index in [1.165, 1.54) is 9.71 Å². The van der Waals surface area contributed by atoms with Crippen LogP contribution in [0.25, 0.3) is 10.2 Å². The Morgan fingerprint density at radius 2 is 2.37 bits per heavy atom. The van der Waals surface area contributed by atoms with Crippen molar-refractivity contribution >= 4 is 37.5 Å². The molecule has 1 N–H and O–H groups in total. The van der Waals surface area contributed by atoms with Crippen molar-refractivity contribution < 1.29 is 4.74 Å². The third-order valence-corrected chi connectivity index (χ3v) is 5.06. The molecule has 0 radical (unpaired) electrons. The highest BCUT2D eigenvalue weighted by Gasteiger charge is 2.31. The van der Waals surface area contributed by atoms with E-state index in [1.54, 1.807) is 11.3 Å². The van der Waals surface area contributed by atoms with Gasteiger partial charge in [-0.25, -0.2) is 4.98 Å². The first-order valence-electron chi connectivity index (χ1n) is 6.65. The summed E-state index contributed by atoms with van der Waals surface area (Å²) in [6.45, 7) is 4.81. The van der Waals surface area contributed by atoms with E-state index in [-0.39, 0.29) is 0 Å². The summed E-state index contributed by atoms with van der Waals surface area (Å²) in [6, 6.07) is 6.66. The molecule has 1 fully saturated rings. The third kappa shape index (κ3) is 2.84. The van der Waals surface area contributed by atoms with E-state index >= 15 is 0 Å². The van der Waals surface area contributed by atoms with Crippen LogP contribution in [-0.2, 0) is 4.74 Å². The lowest BCUT2D eigenvalue weighted by molar-refractivity contribution is 0.187. The maximum absolute atomic E-state index is 5.64. The zero-order chi connectivity index (χ0) is 13.2. The van der Waals surface area contributed by atoms with Crippen molar-refractivity contribution in [3.8, 4) is 0 Å². The molecule has 1 aromatic carbocycles. The predicted molar refractivity (Wildman–Crippen MR) is 83.0 cm³/mol. The summed E-state index contributed by atoms with van der Waals surface area (Å²) >= 11 is 5.30. The molecule has 2 aromatic rings. The van der Waals surface area contributed by atoms with E-state index in [9.17, 15) is 0 Å². The van der Waals surface area contributed by atoms with E-state index in [2.05, 4.69) is 40.3 Å². The van der Waals surface area contributed by atoms with Gasteiger partial charge in [0.15, 0.2) is 0 Å². The summed E-state index contributed by atoms with van der Waals surface area (Å²) in [5.41, 5.74) is 1.09. The van der Waals surface area contributed by atoms with Crippen LogP contribution in [0.2, 0.25) is 0 Å². The SMILES string of the molecule is CCCNC1COCC1c1nc2ccc(Br)cc2s1. The normalized spacial score (nSPS) is 23.3. The summed E-state index contributed by atoms with van der Waals surface area (Å²) in [5.74, 6) is 0.391. The average Bonchev–Trinajstić information content (AvgIpc) is 3.01. The maximum Gasteiger partial charge on any atom is 0.101 e. The summed E-state index contributed by atoms with van der Waals surface area (Å²) < 4.78 is 7.99. The number of hydrogen-bond acceptors (Lipinski definition) is 4. The van der Waals surface area contributed by atoms with Gasteiger partial charge < -0.3 is 10.1 Å². The van der Waals surface area contributed by atoms with E-state index in [4.69, 9.17) is 9.72 Å². The number of nitrogens with zero attached hydrogens (tertiary/aromatic N) is 1. The molecule has 1 aromatic heterocycles. The van der Waals surface area contributed by atoms with Gasteiger partial charge in [-0.05, 0) is 31.2 Å². The molecular weight excluding hydrogens is 324 g/mol. The molecule has 5 heteroatoms. The molecular formula is C14H17BrN2OS. The van der Waals surface area contributed by atoms with Crippen molar-refractivity contribution in [2.24, 2.45) is 0 Å². The number of thiazole rings is 1. The molecule has 2 unspecified atom stereocenters. The van der Waals surface area contributed by atoms with Gasteiger partial charge in [0.25, 0.3) is 0 Å². The molecule has 0 amide bonds. The van der Waals surface area contributed by atoms with Crippen molar-refractivity contribution in [1.82, 2.24) is 10.3 Å². The summed E-state index contributed by atoms with van der Waals surface area (Å²) in [6.07, 6.45) is 1.15. The van der Waals surface area contributed by atoms with Gasteiger partial charge in [-0.15, -0.1) is 11.3 Å². The van der Waals surface area contributed by atoms with Crippen molar-refractivity contribution in [3.63, 3.8) is 0 Å². The van der Waals surface area contributed by atoms with Gasteiger partial charge in [0.2, 0.25) is 0 Å². The zero-order valence-electron chi connectivity index (χ0n) is 10.9. The summed E-state index contributed by atoms with van der Waals surface area (Å²) in [5, 5.41) is 4.76.